The average Bonchev–Trinajstić information content (AvgIpc) is 3.08. The van der Waals surface area contributed by atoms with Crippen molar-refractivity contribution < 1.29 is 13.2 Å². The Hall–Kier alpha value is -2.88. The molecule has 2 rings (SSSR count). The van der Waals surface area contributed by atoms with Gasteiger partial charge in [-0.05, 0) is 19.1 Å². The smallest absolute Gasteiger partial charge is 0.243 e. The number of allylic oxidation sites excluding steroid dienone is 2. The van der Waals surface area contributed by atoms with Crippen molar-refractivity contribution in [2.75, 3.05) is 24.7 Å². The van der Waals surface area contributed by atoms with E-state index in [9.17, 15) is 13.2 Å². The van der Waals surface area contributed by atoms with Crippen molar-refractivity contribution in [3.8, 4) is 17.5 Å². The van der Waals surface area contributed by atoms with Gasteiger partial charge in [0.05, 0.1) is 10.6 Å². The topological polar surface area (TPSA) is 161 Å². The van der Waals surface area contributed by atoms with E-state index in [1.807, 2.05) is 0 Å². The fraction of sp³-hybridized carbons (Fsp3) is 0.333. The molecular weight excluding hydrogens is 426 g/mol. The Kier molecular flexibility index (Phi) is 7.60. The molecule has 0 spiro atoms. The highest BCUT2D eigenvalue weighted by Gasteiger charge is 2.23. The molecule has 0 radical (unpaired) electrons. The van der Waals surface area contributed by atoms with Crippen molar-refractivity contribution in [2.24, 2.45) is 5.73 Å². The van der Waals surface area contributed by atoms with E-state index in [0.29, 0.717) is 18.7 Å². The highest BCUT2D eigenvalue weighted by molar-refractivity contribution is 7.99. The van der Waals surface area contributed by atoms with E-state index in [1.165, 1.54) is 28.0 Å². The molecule has 0 aliphatic heterocycles. The van der Waals surface area contributed by atoms with E-state index in [4.69, 9.17) is 16.8 Å². The maximum absolute atomic E-state index is 12.8. The number of hydrogen-bond acceptors (Lipinski definition) is 9. The van der Waals surface area contributed by atoms with Gasteiger partial charge in [-0.2, -0.15) is 9.57 Å². The van der Waals surface area contributed by atoms with Gasteiger partial charge < -0.3 is 11.6 Å². The molecule has 12 heteroatoms. The van der Waals surface area contributed by atoms with Gasteiger partial charge >= 0.3 is 0 Å². The maximum Gasteiger partial charge on any atom is 0.243 e. The molecule has 0 saturated heterocycles. The lowest BCUT2D eigenvalue weighted by Gasteiger charge is -2.18. The molecule has 4 N–H and O–H groups in total. The third-order valence-corrected chi connectivity index (χ3v) is 7.21. The zero-order chi connectivity index (χ0) is 22.5. The number of rotatable bonds is 9. The minimum atomic E-state index is -3.64. The Bertz CT molecular complexity index is 1110. The molecule has 0 unspecified atom stereocenters. The number of carbonyl (C=O) groups is 1. The van der Waals surface area contributed by atoms with Crippen LogP contribution in [0.1, 0.15) is 20.8 Å². The number of nitrogens with two attached hydrogens (primary N) is 2. The summed E-state index contributed by atoms with van der Waals surface area (Å²) in [4.78, 5) is 12.2. The van der Waals surface area contributed by atoms with E-state index >= 15 is 0 Å². The minimum Gasteiger partial charge on any atom is -0.401 e. The van der Waals surface area contributed by atoms with E-state index in [1.54, 1.807) is 32.0 Å². The van der Waals surface area contributed by atoms with Gasteiger partial charge in [0, 0.05) is 24.4 Å². The predicted molar refractivity (Wildman–Crippen MR) is 114 cm³/mol. The molecule has 0 bridgehead atoms. The number of ketones is 1. The molecule has 1 aromatic carbocycles. The summed E-state index contributed by atoms with van der Waals surface area (Å²) in [5, 5.41) is 17.2. The van der Waals surface area contributed by atoms with Gasteiger partial charge in [0.2, 0.25) is 15.2 Å². The van der Waals surface area contributed by atoms with Gasteiger partial charge in [-0.1, -0.05) is 37.7 Å². The van der Waals surface area contributed by atoms with Gasteiger partial charge in [-0.15, -0.1) is 10.2 Å². The Balaban J connectivity index is 2.30. The number of thioether (sulfide) groups is 1. The monoisotopic (exact) mass is 449 g/mol. The van der Waals surface area contributed by atoms with Crippen molar-refractivity contribution in [1.82, 2.24) is 19.2 Å². The first-order valence-corrected chi connectivity index (χ1v) is 11.4. The highest BCUT2D eigenvalue weighted by Crippen LogP contribution is 2.25. The molecule has 0 saturated carbocycles. The normalized spacial score (nSPS) is 12.5. The quantitative estimate of drug-likeness (QED) is 0.247. The lowest BCUT2D eigenvalue weighted by molar-refractivity contribution is -0.112. The maximum atomic E-state index is 12.8. The fourth-order valence-electron chi connectivity index (χ4n) is 2.65. The summed E-state index contributed by atoms with van der Waals surface area (Å²) in [5.41, 5.74) is 6.03. The van der Waals surface area contributed by atoms with Crippen LogP contribution in [-0.4, -0.2) is 52.2 Å². The SMILES string of the molecule is CCN(CC)S(=O)(=O)c1cccc(-c2nnc(SCC(=O)/C(C#N)=C(/C)N)n2N)c1. The molecule has 160 valence electrons. The first-order valence-electron chi connectivity index (χ1n) is 9.00. The summed E-state index contributed by atoms with van der Waals surface area (Å²) >= 11 is 1.00. The van der Waals surface area contributed by atoms with E-state index < -0.39 is 15.8 Å². The summed E-state index contributed by atoms with van der Waals surface area (Å²) in [6.07, 6.45) is 0. The number of nitrogens with zero attached hydrogens (tertiary/aromatic N) is 5. The molecule has 10 nitrogen and oxygen atoms in total. The largest absolute Gasteiger partial charge is 0.401 e. The van der Waals surface area contributed by atoms with Crippen LogP contribution in [-0.2, 0) is 14.8 Å². The molecule has 2 aromatic rings. The minimum absolute atomic E-state index is 0.0941. The van der Waals surface area contributed by atoms with Gasteiger partial charge in [-0.25, -0.2) is 13.1 Å². The lowest BCUT2D eigenvalue weighted by Crippen LogP contribution is -2.30. The Morgan fingerprint density at radius 1 is 1.30 bits per heavy atom. The van der Waals surface area contributed by atoms with Crippen LogP contribution in [0.15, 0.2) is 45.6 Å². The van der Waals surface area contributed by atoms with Crippen molar-refractivity contribution in [3.05, 3.63) is 35.5 Å². The van der Waals surface area contributed by atoms with Crippen molar-refractivity contribution in [2.45, 2.75) is 30.8 Å². The second-order valence-electron chi connectivity index (χ2n) is 6.18. The van der Waals surface area contributed by atoms with Crippen LogP contribution in [0, 0.1) is 11.3 Å². The van der Waals surface area contributed by atoms with Crippen molar-refractivity contribution >= 4 is 27.6 Å². The number of Topliss-reactive ketones (excluding diaryl/α,β-unsaturated/α-hetero) is 1. The lowest BCUT2D eigenvalue weighted by atomic mass is 10.2. The summed E-state index contributed by atoms with van der Waals surface area (Å²) in [7, 11) is -3.64. The van der Waals surface area contributed by atoms with Crippen molar-refractivity contribution in [1.29, 1.82) is 5.26 Å². The summed E-state index contributed by atoms with van der Waals surface area (Å²) in [6.45, 7) is 5.72. The van der Waals surface area contributed by atoms with Crippen LogP contribution in [0.5, 0.6) is 0 Å². The van der Waals surface area contributed by atoms with Crippen LogP contribution in [0.25, 0.3) is 11.4 Å². The standard InChI is InChI=1S/C18H23N7O3S2/c1-4-24(5-2)30(27,28)14-8-6-7-13(9-14)17-22-23-18(25(17)21)29-11-16(26)15(10-19)12(3)20/h6-9H,4-5,11,20-21H2,1-3H3/b15-12-. The number of hydrogen-bond donors (Lipinski definition) is 2. The number of benzene rings is 1. The fourth-order valence-corrected chi connectivity index (χ4v) is 4.89. The van der Waals surface area contributed by atoms with Gasteiger partial charge in [0.1, 0.15) is 11.6 Å². The van der Waals surface area contributed by atoms with Crippen LogP contribution >= 0.6 is 11.8 Å². The Morgan fingerprint density at radius 3 is 2.53 bits per heavy atom. The number of aromatic nitrogens is 3. The van der Waals surface area contributed by atoms with Crippen LogP contribution in [0.4, 0.5) is 0 Å². The number of sulfonamides is 1. The summed E-state index contributed by atoms with van der Waals surface area (Å²) in [5.74, 6) is 5.76. The van der Waals surface area contributed by atoms with Gasteiger partial charge in [0.15, 0.2) is 11.6 Å². The zero-order valence-corrected chi connectivity index (χ0v) is 18.5. The van der Waals surface area contributed by atoms with E-state index in [2.05, 4.69) is 10.2 Å². The molecule has 1 heterocycles. The Labute approximate surface area is 179 Å². The molecule has 0 fully saturated rings. The van der Waals surface area contributed by atoms with Gasteiger partial charge in [-0.3, -0.25) is 4.79 Å². The number of nitrogen functional groups attached to an aromatic ring is 1. The summed E-state index contributed by atoms with van der Waals surface area (Å²) in [6, 6.07) is 8.04. The first kappa shape index (κ1) is 23.4. The molecule has 0 aliphatic carbocycles. The molecule has 0 amide bonds. The van der Waals surface area contributed by atoms with E-state index in [-0.39, 0.29) is 32.9 Å². The van der Waals surface area contributed by atoms with Crippen LogP contribution in [0.3, 0.4) is 0 Å². The first-order chi connectivity index (χ1) is 14.2. The second kappa shape index (κ2) is 9.75. The highest BCUT2D eigenvalue weighted by atomic mass is 32.2. The summed E-state index contributed by atoms with van der Waals surface area (Å²) < 4.78 is 28.1. The number of carbonyl (C=O) groups excluding carboxylic acids is 1. The number of nitriles is 1. The van der Waals surface area contributed by atoms with Gasteiger partial charge in [0.25, 0.3) is 0 Å². The van der Waals surface area contributed by atoms with E-state index in [0.717, 1.165) is 11.8 Å². The predicted octanol–water partition coefficient (Wildman–Crippen LogP) is 1.11. The molecule has 0 aliphatic rings. The Morgan fingerprint density at radius 2 is 1.97 bits per heavy atom. The molecule has 30 heavy (non-hydrogen) atoms. The van der Waals surface area contributed by atoms with Crippen LogP contribution < -0.4 is 11.6 Å². The molecule has 0 atom stereocenters. The third kappa shape index (κ3) is 4.81. The zero-order valence-electron chi connectivity index (χ0n) is 16.9. The van der Waals surface area contributed by atoms with Crippen LogP contribution in [0.2, 0.25) is 0 Å². The molecular formula is C18H23N7O3S2. The second-order valence-corrected chi connectivity index (χ2v) is 9.06. The van der Waals surface area contributed by atoms with Crippen molar-refractivity contribution in [3.63, 3.8) is 0 Å². The third-order valence-electron chi connectivity index (χ3n) is 4.22. The average molecular weight is 450 g/mol. The molecule has 1 aromatic heterocycles.